The quantitative estimate of drug-likeness (QED) is 0.652. The van der Waals surface area contributed by atoms with E-state index in [1.165, 1.54) is 0 Å². The van der Waals surface area contributed by atoms with Crippen molar-refractivity contribution in [3.8, 4) is 11.5 Å². The predicted octanol–water partition coefficient (Wildman–Crippen LogP) is 1.33. The van der Waals surface area contributed by atoms with Crippen LogP contribution in [-0.2, 0) is 9.59 Å². The molecule has 116 valence electrons. The zero-order chi connectivity index (χ0) is 15.4. The summed E-state index contributed by atoms with van der Waals surface area (Å²) in [5.74, 6) is 0.768. The van der Waals surface area contributed by atoms with Crippen LogP contribution in [0.25, 0.3) is 0 Å². The van der Waals surface area contributed by atoms with Gasteiger partial charge in [0.15, 0.2) is 11.5 Å². The lowest BCUT2D eigenvalue weighted by molar-refractivity contribution is -0.135. The van der Waals surface area contributed by atoms with Gasteiger partial charge in [0.2, 0.25) is 12.0 Å². The lowest BCUT2D eigenvalue weighted by atomic mass is 10.1. The van der Waals surface area contributed by atoms with Gasteiger partial charge in [0.05, 0.1) is 0 Å². The second-order valence-corrected chi connectivity index (χ2v) is 5.37. The summed E-state index contributed by atoms with van der Waals surface area (Å²) < 4.78 is 11.0. The summed E-state index contributed by atoms with van der Waals surface area (Å²) in [6, 6.07) is 7.15. The fraction of sp³-hybridized carbons (Fsp3) is 0.375. The molecule has 2 amide bonds. The first kappa shape index (κ1) is 14.4. The molecule has 2 aliphatic rings. The number of rotatable bonds is 3. The van der Waals surface area contributed by atoms with Gasteiger partial charge in [-0.05, 0) is 30.9 Å². The van der Waals surface area contributed by atoms with Crippen LogP contribution in [0.4, 0.5) is 0 Å². The molecule has 1 aliphatic carbocycles. The number of hydrogen-bond donors (Lipinski definition) is 2. The Morgan fingerprint density at radius 2 is 2.00 bits per heavy atom. The molecule has 1 heterocycles. The number of amides is 2. The second-order valence-electron chi connectivity index (χ2n) is 5.37. The standard InChI is InChI=1S/C16H18N2O4/c19-15(9-11-5-1-2-6-11)17-18-16(20)14-10-21-12-7-3-4-8-13(12)22-14/h1,3-5,7-8,11,14H,2,6,9-10H2,(H,17,19)(H,18,20). The molecule has 0 aromatic heterocycles. The Hall–Kier alpha value is -2.50. The minimum Gasteiger partial charge on any atom is -0.485 e. The molecule has 0 spiro atoms. The molecule has 1 aromatic carbocycles. The molecule has 2 unspecified atom stereocenters. The summed E-state index contributed by atoms with van der Waals surface area (Å²) in [6.45, 7) is 0.115. The van der Waals surface area contributed by atoms with Gasteiger partial charge in [-0.3, -0.25) is 20.4 Å². The molecule has 6 heteroatoms. The lowest BCUT2D eigenvalue weighted by Crippen LogP contribution is -2.51. The monoisotopic (exact) mass is 302 g/mol. The number of carbonyl (C=O) groups excluding carboxylic acids is 2. The molecule has 3 rings (SSSR count). The fourth-order valence-corrected chi connectivity index (χ4v) is 2.52. The summed E-state index contributed by atoms with van der Waals surface area (Å²) >= 11 is 0. The number of nitrogens with one attached hydrogen (secondary N) is 2. The van der Waals surface area contributed by atoms with Crippen LogP contribution in [-0.4, -0.2) is 24.5 Å². The molecule has 0 fully saturated rings. The highest BCUT2D eigenvalue weighted by atomic mass is 16.6. The average Bonchev–Trinajstić information content (AvgIpc) is 3.05. The molecule has 2 atom stereocenters. The second kappa shape index (κ2) is 6.51. The molecule has 0 bridgehead atoms. The largest absolute Gasteiger partial charge is 0.485 e. The first-order valence-corrected chi connectivity index (χ1v) is 7.36. The predicted molar refractivity (Wildman–Crippen MR) is 79.1 cm³/mol. The minimum atomic E-state index is -0.776. The van der Waals surface area contributed by atoms with E-state index in [-0.39, 0.29) is 18.4 Å². The Morgan fingerprint density at radius 3 is 2.77 bits per heavy atom. The van der Waals surface area contributed by atoms with E-state index in [9.17, 15) is 9.59 Å². The Kier molecular flexibility index (Phi) is 4.27. The van der Waals surface area contributed by atoms with Gasteiger partial charge in [-0.2, -0.15) is 0 Å². The zero-order valence-electron chi connectivity index (χ0n) is 12.1. The lowest BCUT2D eigenvalue weighted by Gasteiger charge is -2.25. The van der Waals surface area contributed by atoms with Gasteiger partial charge in [-0.15, -0.1) is 0 Å². The zero-order valence-corrected chi connectivity index (χ0v) is 12.1. The number of hydrazine groups is 1. The highest BCUT2D eigenvalue weighted by molar-refractivity contribution is 5.85. The molecular weight excluding hydrogens is 284 g/mol. The first-order valence-electron chi connectivity index (χ1n) is 7.36. The topological polar surface area (TPSA) is 76.7 Å². The van der Waals surface area contributed by atoms with Crippen LogP contribution in [0.1, 0.15) is 19.3 Å². The van der Waals surface area contributed by atoms with Crippen LogP contribution in [0, 0.1) is 5.92 Å². The van der Waals surface area contributed by atoms with Crippen molar-refractivity contribution >= 4 is 11.8 Å². The average molecular weight is 302 g/mol. The van der Waals surface area contributed by atoms with Crippen molar-refractivity contribution < 1.29 is 19.1 Å². The van der Waals surface area contributed by atoms with Crippen LogP contribution in [0.5, 0.6) is 11.5 Å². The van der Waals surface area contributed by atoms with Crippen LogP contribution < -0.4 is 20.3 Å². The SMILES string of the molecule is O=C(CC1C=CCC1)NNC(=O)C1COc2ccccc2O1. The highest BCUT2D eigenvalue weighted by Gasteiger charge is 2.27. The molecule has 0 saturated heterocycles. The van der Waals surface area contributed by atoms with Crippen LogP contribution >= 0.6 is 0 Å². The number of benzene rings is 1. The Morgan fingerprint density at radius 1 is 1.18 bits per heavy atom. The van der Waals surface area contributed by atoms with Gasteiger partial charge < -0.3 is 9.47 Å². The first-order chi connectivity index (χ1) is 10.7. The molecule has 22 heavy (non-hydrogen) atoms. The molecule has 6 nitrogen and oxygen atoms in total. The molecule has 0 radical (unpaired) electrons. The van der Waals surface area contributed by atoms with Crippen molar-refractivity contribution in [3.05, 3.63) is 36.4 Å². The van der Waals surface area contributed by atoms with Crippen LogP contribution in [0.3, 0.4) is 0 Å². The van der Waals surface area contributed by atoms with E-state index in [4.69, 9.17) is 9.47 Å². The van der Waals surface area contributed by atoms with Crippen molar-refractivity contribution in [2.24, 2.45) is 5.92 Å². The maximum atomic E-state index is 12.0. The summed E-state index contributed by atoms with van der Waals surface area (Å²) in [4.78, 5) is 23.8. The number of carbonyl (C=O) groups is 2. The molecular formula is C16H18N2O4. The molecule has 0 saturated carbocycles. The minimum absolute atomic E-state index is 0.115. The summed E-state index contributed by atoms with van der Waals surface area (Å²) in [5.41, 5.74) is 4.81. The van der Waals surface area contributed by atoms with Crippen LogP contribution in [0.15, 0.2) is 36.4 Å². The van der Waals surface area contributed by atoms with E-state index in [1.807, 2.05) is 12.1 Å². The van der Waals surface area contributed by atoms with Crippen molar-refractivity contribution in [1.29, 1.82) is 0 Å². The van der Waals surface area contributed by atoms with E-state index in [1.54, 1.807) is 18.2 Å². The van der Waals surface area contributed by atoms with Gasteiger partial charge in [0, 0.05) is 6.42 Å². The number of fused-ring (bicyclic) bond motifs is 1. The normalized spacial score (nSPS) is 22.2. The third-order valence-electron chi connectivity index (χ3n) is 3.69. The van der Waals surface area contributed by atoms with E-state index >= 15 is 0 Å². The van der Waals surface area contributed by atoms with Crippen molar-refractivity contribution in [1.82, 2.24) is 10.9 Å². The van der Waals surface area contributed by atoms with E-state index < -0.39 is 12.0 Å². The van der Waals surface area contributed by atoms with Crippen LogP contribution in [0.2, 0.25) is 0 Å². The number of ether oxygens (including phenoxy) is 2. The van der Waals surface area contributed by atoms with Gasteiger partial charge in [0.25, 0.3) is 5.91 Å². The maximum Gasteiger partial charge on any atom is 0.283 e. The van der Waals surface area contributed by atoms with Gasteiger partial charge in [-0.25, -0.2) is 0 Å². The van der Waals surface area contributed by atoms with Gasteiger partial charge in [0.1, 0.15) is 6.61 Å². The summed E-state index contributed by atoms with van der Waals surface area (Å²) in [5, 5.41) is 0. The molecule has 2 N–H and O–H groups in total. The van der Waals surface area contributed by atoms with Gasteiger partial charge >= 0.3 is 0 Å². The third-order valence-corrected chi connectivity index (χ3v) is 3.69. The van der Waals surface area contributed by atoms with Crippen molar-refractivity contribution in [2.45, 2.75) is 25.4 Å². The van der Waals surface area contributed by atoms with Gasteiger partial charge in [-0.1, -0.05) is 24.3 Å². The third kappa shape index (κ3) is 3.39. The fourth-order valence-electron chi connectivity index (χ4n) is 2.52. The van der Waals surface area contributed by atoms with E-state index in [2.05, 4.69) is 16.9 Å². The number of allylic oxidation sites excluding steroid dienone is 2. The smallest absolute Gasteiger partial charge is 0.283 e. The highest BCUT2D eigenvalue weighted by Crippen LogP contribution is 2.30. The van der Waals surface area contributed by atoms with E-state index in [0.29, 0.717) is 17.9 Å². The van der Waals surface area contributed by atoms with E-state index in [0.717, 1.165) is 12.8 Å². The Balaban J connectivity index is 1.46. The maximum absolute atomic E-state index is 12.0. The Bertz CT molecular complexity index is 600. The Labute approximate surface area is 128 Å². The number of hydrogen-bond acceptors (Lipinski definition) is 4. The summed E-state index contributed by atoms with van der Waals surface area (Å²) in [6.07, 6.45) is 5.70. The summed E-state index contributed by atoms with van der Waals surface area (Å²) in [7, 11) is 0. The molecule has 1 aromatic rings. The molecule has 1 aliphatic heterocycles. The van der Waals surface area contributed by atoms with Crippen molar-refractivity contribution in [3.63, 3.8) is 0 Å². The van der Waals surface area contributed by atoms with Crippen molar-refractivity contribution in [2.75, 3.05) is 6.61 Å². The number of para-hydroxylation sites is 2.